The first-order valence-electron chi connectivity index (χ1n) is 6.50. The minimum Gasteiger partial charge on any atom is -0.325 e. The molecule has 0 atom stereocenters. The van der Waals surface area contributed by atoms with Gasteiger partial charge in [0.2, 0.25) is 5.91 Å². The number of carbonyl (C=O) groups is 1. The van der Waals surface area contributed by atoms with Crippen LogP contribution in [-0.2, 0) is 4.79 Å². The van der Waals surface area contributed by atoms with E-state index in [4.69, 9.17) is 0 Å². The lowest BCUT2D eigenvalue weighted by Gasteiger charge is -2.06. The van der Waals surface area contributed by atoms with Gasteiger partial charge in [0.05, 0.1) is 6.54 Å². The molecule has 1 aromatic rings. The number of amides is 1. The van der Waals surface area contributed by atoms with Gasteiger partial charge in [0, 0.05) is 5.69 Å². The first kappa shape index (κ1) is 13.0. The van der Waals surface area contributed by atoms with Crippen molar-refractivity contribution in [3.8, 4) is 0 Å². The summed E-state index contributed by atoms with van der Waals surface area (Å²) in [6, 6.07) is 5.78. The zero-order valence-electron chi connectivity index (χ0n) is 10.4. The fourth-order valence-electron chi connectivity index (χ4n) is 1.86. The van der Waals surface area contributed by atoms with Gasteiger partial charge in [-0.1, -0.05) is 12.8 Å². The molecule has 3 nitrogen and oxygen atoms in total. The van der Waals surface area contributed by atoms with Crippen LogP contribution in [0.1, 0.15) is 25.7 Å². The molecule has 0 bridgehead atoms. The normalized spacial score (nSPS) is 14.5. The molecule has 98 valence electrons. The van der Waals surface area contributed by atoms with Gasteiger partial charge in [0.25, 0.3) is 0 Å². The van der Waals surface area contributed by atoms with Gasteiger partial charge in [-0.3, -0.25) is 4.79 Å². The molecule has 2 N–H and O–H groups in total. The molecule has 0 aliphatic heterocycles. The summed E-state index contributed by atoms with van der Waals surface area (Å²) in [5, 5.41) is 5.83. The van der Waals surface area contributed by atoms with E-state index in [0.29, 0.717) is 12.2 Å². The van der Waals surface area contributed by atoms with Gasteiger partial charge in [-0.25, -0.2) is 4.39 Å². The lowest BCUT2D eigenvalue weighted by atomic mass is 10.2. The summed E-state index contributed by atoms with van der Waals surface area (Å²) in [6.07, 6.45) is 5.16. The number of hydrogen-bond donors (Lipinski definition) is 2. The molecular formula is C14H19FN2O. The van der Waals surface area contributed by atoms with Crippen LogP contribution in [0.25, 0.3) is 0 Å². The second kappa shape index (κ2) is 6.50. The summed E-state index contributed by atoms with van der Waals surface area (Å²) in [6.45, 7) is 1.19. The van der Waals surface area contributed by atoms with Crippen molar-refractivity contribution in [3.63, 3.8) is 0 Å². The van der Waals surface area contributed by atoms with Crippen LogP contribution in [0.4, 0.5) is 10.1 Å². The highest BCUT2D eigenvalue weighted by Crippen LogP contribution is 2.33. The SMILES string of the molecule is O=C(CNCCCC1CC1)Nc1ccc(F)cc1. The second-order valence-corrected chi connectivity index (χ2v) is 4.82. The molecular weight excluding hydrogens is 231 g/mol. The van der Waals surface area contributed by atoms with Crippen LogP contribution in [0.15, 0.2) is 24.3 Å². The first-order valence-corrected chi connectivity index (χ1v) is 6.50. The molecule has 1 saturated carbocycles. The van der Waals surface area contributed by atoms with Crippen molar-refractivity contribution in [3.05, 3.63) is 30.1 Å². The van der Waals surface area contributed by atoms with Gasteiger partial charge in [0.1, 0.15) is 5.82 Å². The number of nitrogens with one attached hydrogen (secondary N) is 2. The average molecular weight is 250 g/mol. The van der Waals surface area contributed by atoms with Crippen molar-refractivity contribution in [2.45, 2.75) is 25.7 Å². The highest BCUT2D eigenvalue weighted by Gasteiger charge is 2.19. The molecule has 4 heteroatoms. The maximum Gasteiger partial charge on any atom is 0.238 e. The van der Waals surface area contributed by atoms with Gasteiger partial charge < -0.3 is 10.6 Å². The van der Waals surface area contributed by atoms with E-state index in [2.05, 4.69) is 10.6 Å². The summed E-state index contributed by atoms with van der Waals surface area (Å²) in [4.78, 5) is 11.5. The molecule has 2 rings (SSSR count). The predicted octanol–water partition coefficient (Wildman–Crippen LogP) is 2.54. The largest absolute Gasteiger partial charge is 0.325 e. The third kappa shape index (κ3) is 4.84. The van der Waals surface area contributed by atoms with Crippen LogP contribution in [0.3, 0.4) is 0 Å². The second-order valence-electron chi connectivity index (χ2n) is 4.82. The smallest absolute Gasteiger partial charge is 0.238 e. The van der Waals surface area contributed by atoms with Gasteiger partial charge in [0.15, 0.2) is 0 Å². The van der Waals surface area contributed by atoms with E-state index in [9.17, 15) is 9.18 Å². The number of carbonyl (C=O) groups excluding carboxylic acids is 1. The van der Waals surface area contributed by atoms with E-state index < -0.39 is 0 Å². The molecule has 0 aromatic heterocycles. The number of hydrogen-bond acceptors (Lipinski definition) is 2. The zero-order chi connectivity index (χ0) is 12.8. The Kier molecular flexibility index (Phi) is 4.70. The lowest BCUT2D eigenvalue weighted by Crippen LogP contribution is -2.28. The molecule has 0 heterocycles. The molecule has 0 spiro atoms. The quantitative estimate of drug-likeness (QED) is 0.730. The minimum atomic E-state index is -0.300. The maximum atomic E-state index is 12.7. The Labute approximate surface area is 107 Å². The van der Waals surface area contributed by atoms with E-state index in [-0.39, 0.29) is 11.7 Å². The predicted molar refractivity (Wildman–Crippen MR) is 69.9 cm³/mol. The van der Waals surface area contributed by atoms with Crippen LogP contribution in [0, 0.1) is 11.7 Å². The van der Waals surface area contributed by atoms with E-state index >= 15 is 0 Å². The Morgan fingerprint density at radius 3 is 2.67 bits per heavy atom. The van der Waals surface area contributed by atoms with E-state index in [1.807, 2.05) is 0 Å². The van der Waals surface area contributed by atoms with Crippen LogP contribution < -0.4 is 10.6 Å². The summed E-state index contributed by atoms with van der Waals surface area (Å²) in [5.41, 5.74) is 0.626. The third-order valence-electron chi connectivity index (χ3n) is 3.08. The van der Waals surface area contributed by atoms with Crippen LogP contribution in [0.5, 0.6) is 0 Å². The van der Waals surface area contributed by atoms with Crippen LogP contribution >= 0.6 is 0 Å². The highest BCUT2D eigenvalue weighted by molar-refractivity contribution is 5.92. The Morgan fingerprint density at radius 1 is 1.28 bits per heavy atom. The summed E-state index contributed by atoms with van der Waals surface area (Å²) in [5.74, 6) is 0.555. The van der Waals surface area contributed by atoms with Crippen molar-refractivity contribution < 1.29 is 9.18 Å². The summed E-state index contributed by atoms with van der Waals surface area (Å²) in [7, 11) is 0. The molecule has 1 aliphatic rings. The third-order valence-corrected chi connectivity index (χ3v) is 3.08. The molecule has 18 heavy (non-hydrogen) atoms. The van der Waals surface area contributed by atoms with Gasteiger partial charge >= 0.3 is 0 Å². The lowest BCUT2D eigenvalue weighted by molar-refractivity contribution is -0.115. The first-order chi connectivity index (χ1) is 8.74. The van der Waals surface area contributed by atoms with E-state index in [1.54, 1.807) is 12.1 Å². The van der Waals surface area contributed by atoms with Gasteiger partial charge in [-0.05, 0) is 49.6 Å². The number of anilines is 1. The Bertz CT molecular complexity index is 387. The van der Waals surface area contributed by atoms with Crippen molar-refractivity contribution in [2.75, 3.05) is 18.4 Å². The van der Waals surface area contributed by atoms with Gasteiger partial charge in [-0.2, -0.15) is 0 Å². The monoisotopic (exact) mass is 250 g/mol. The molecule has 0 saturated heterocycles. The van der Waals surface area contributed by atoms with Crippen molar-refractivity contribution >= 4 is 11.6 Å². The highest BCUT2D eigenvalue weighted by atomic mass is 19.1. The fraction of sp³-hybridized carbons (Fsp3) is 0.500. The number of rotatable bonds is 7. The fourth-order valence-corrected chi connectivity index (χ4v) is 1.86. The molecule has 0 radical (unpaired) electrons. The zero-order valence-corrected chi connectivity index (χ0v) is 10.4. The standard InChI is InChI=1S/C14H19FN2O/c15-12-5-7-13(8-6-12)17-14(18)10-16-9-1-2-11-3-4-11/h5-8,11,16H,1-4,9-10H2,(H,17,18). The topological polar surface area (TPSA) is 41.1 Å². The van der Waals surface area contributed by atoms with E-state index in [0.717, 1.165) is 18.9 Å². The molecule has 1 aliphatic carbocycles. The Balaban J connectivity index is 1.57. The van der Waals surface area contributed by atoms with Crippen molar-refractivity contribution in [1.82, 2.24) is 5.32 Å². The molecule has 1 aromatic carbocycles. The summed E-state index contributed by atoms with van der Waals surface area (Å²) >= 11 is 0. The average Bonchev–Trinajstić information content (AvgIpc) is 3.16. The Morgan fingerprint density at radius 2 is 2.00 bits per heavy atom. The van der Waals surface area contributed by atoms with Gasteiger partial charge in [-0.15, -0.1) is 0 Å². The Hall–Kier alpha value is -1.42. The van der Waals surface area contributed by atoms with Crippen LogP contribution in [-0.4, -0.2) is 19.0 Å². The van der Waals surface area contributed by atoms with E-state index in [1.165, 1.54) is 31.4 Å². The molecule has 1 fully saturated rings. The maximum absolute atomic E-state index is 12.7. The molecule has 1 amide bonds. The minimum absolute atomic E-state index is 0.0898. The van der Waals surface area contributed by atoms with Crippen molar-refractivity contribution in [2.24, 2.45) is 5.92 Å². The summed E-state index contributed by atoms with van der Waals surface area (Å²) < 4.78 is 12.7. The molecule has 0 unspecified atom stereocenters. The number of halogens is 1. The van der Waals surface area contributed by atoms with Crippen LogP contribution in [0.2, 0.25) is 0 Å². The van der Waals surface area contributed by atoms with Crippen molar-refractivity contribution in [1.29, 1.82) is 0 Å². The number of benzene rings is 1.